The molecule has 0 aliphatic carbocycles. The summed E-state index contributed by atoms with van der Waals surface area (Å²) in [6.45, 7) is 13.3. The minimum Gasteiger partial charge on any atom is -0.507 e. The highest BCUT2D eigenvalue weighted by Gasteiger charge is 2.24. The molecule has 2 N–H and O–H groups in total. The Morgan fingerprint density at radius 3 is 0.788 bits per heavy atom. The van der Waals surface area contributed by atoms with E-state index in [0.717, 1.165) is 51.4 Å². The first-order chi connectivity index (χ1) is 51.0. The molecule has 1 heterocycles. The number of phenolic OH excluding ortho intramolecular Hbond substituents is 2. The molecule has 4 rings (SSSR count). The van der Waals surface area contributed by atoms with E-state index in [2.05, 4.69) is 27.7 Å². The predicted molar refractivity (Wildman–Crippen MR) is 436 cm³/mol. The molecule has 0 bridgehead atoms. The van der Waals surface area contributed by atoms with Gasteiger partial charge in [0, 0.05) is 17.7 Å². The molecule has 0 aliphatic heterocycles. The topological polar surface area (TPSA) is 159 Å². The van der Waals surface area contributed by atoms with Crippen molar-refractivity contribution in [3.05, 3.63) is 60.7 Å². The van der Waals surface area contributed by atoms with Crippen LogP contribution in [0.15, 0.2) is 60.7 Å². The summed E-state index contributed by atoms with van der Waals surface area (Å²) in [5.74, 6) is 1.24. The molecule has 0 saturated heterocycles. The number of benzene rings is 3. The van der Waals surface area contributed by atoms with Gasteiger partial charge < -0.3 is 33.9 Å². The van der Waals surface area contributed by atoms with Crippen molar-refractivity contribution in [1.82, 2.24) is 15.0 Å². The average Bonchev–Trinajstić information content (AvgIpc) is 0.787. The second-order valence-corrected chi connectivity index (χ2v) is 31.0. The van der Waals surface area contributed by atoms with E-state index in [0.29, 0.717) is 42.2 Å². The summed E-state index contributed by atoms with van der Waals surface area (Å²) in [4.78, 5) is 41.8. The third kappa shape index (κ3) is 43.4. The van der Waals surface area contributed by atoms with E-state index >= 15 is 0 Å². The van der Waals surface area contributed by atoms with Gasteiger partial charge in [-0.15, -0.1) is 0 Å². The quantitative estimate of drug-likeness (QED) is 0.0319. The van der Waals surface area contributed by atoms with Gasteiger partial charge in [-0.25, -0.2) is 24.5 Å². The first-order valence-electron chi connectivity index (χ1n) is 43.7. The lowest BCUT2D eigenvalue weighted by molar-refractivity contribution is -0.153. The molecule has 1 aromatic heterocycles. The SMILES string of the molecule is CCCCCCCCCCCCCCCCC(CCCCCCCCCCCCCC)COC(=O)C(C)Oc1ccc(-c2nc(-c3ccc(OC)cc3)nc(-c3ccc(OC(C)C(=O)OCC(CCCCCCCCCCCCCC)CCCCCCCCCCCCCCCC)cc3O)n2)c(O)c1. The molecule has 0 amide bonds. The number of methoxy groups -OCH3 is 1. The lowest BCUT2D eigenvalue weighted by atomic mass is 9.94. The number of carbonyl (C=O) groups is 2. The van der Waals surface area contributed by atoms with Crippen molar-refractivity contribution < 1.29 is 43.5 Å². The van der Waals surface area contributed by atoms with Gasteiger partial charge in [0.25, 0.3) is 0 Å². The minimum absolute atomic E-state index is 0.146. The Bertz CT molecular complexity index is 2560. The van der Waals surface area contributed by atoms with Gasteiger partial charge in [-0.2, -0.15) is 0 Å². The molecular weight excluding hydrogens is 1290 g/mol. The average molecular weight is 1450 g/mol. The van der Waals surface area contributed by atoms with Gasteiger partial charge in [0.05, 0.1) is 31.5 Å². The number of ether oxygens (including phenoxy) is 5. The van der Waals surface area contributed by atoms with Crippen molar-refractivity contribution >= 4 is 11.9 Å². The van der Waals surface area contributed by atoms with E-state index in [1.807, 2.05) is 24.3 Å². The lowest BCUT2D eigenvalue weighted by Crippen LogP contribution is -2.28. The fraction of sp³-hybridized carbons (Fsp3) is 0.750. The van der Waals surface area contributed by atoms with Crippen LogP contribution in [0.2, 0.25) is 0 Å². The zero-order valence-corrected chi connectivity index (χ0v) is 67.7. The normalized spacial score (nSPS) is 12.7. The van der Waals surface area contributed by atoms with Crippen molar-refractivity contribution in [3.8, 4) is 62.9 Å². The van der Waals surface area contributed by atoms with E-state index < -0.39 is 24.1 Å². The highest BCUT2D eigenvalue weighted by atomic mass is 16.6. The molecule has 4 unspecified atom stereocenters. The molecule has 12 nitrogen and oxygen atoms in total. The number of carbonyl (C=O) groups excluding carboxylic acids is 2. The fourth-order valence-electron chi connectivity index (χ4n) is 14.6. The number of rotatable bonds is 70. The standard InChI is InChI=1S/C92H153N3O9/c1-8-12-16-20-24-28-32-36-38-42-46-50-54-58-62-78(60-56-52-48-44-40-34-30-26-22-18-14-10-3)74-101-91(98)76(5)103-82-68-70-84(86(96)72-82)89-93-88(80-64-66-81(100-7)67-65-80)94-90(95-89)85-71-69-83(73-87(85)97)104-77(6)92(99)102-75-79(61-57-53-49-45-41-35-31-27-23-19-15-11-4)63-59-55-51-47-43-39-37-33-29-25-21-17-13-9-2/h64-73,76-79,96-97H,8-63,74-75H2,1-7H3. The van der Waals surface area contributed by atoms with Crippen LogP contribution in [-0.2, 0) is 19.1 Å². The Labute approximate surface area is 636 Å². The number of aromatic nitrogens is 3. The van der Waals surface area contributed by atoms with Crippen LogP contribution in [-0.4, -0.2) is 69.6 Å². The van der Waals surface area contributed by atoms with Gasteiger partial charge in [0.15, 0.2) is 29.7 Å². The number of hydrogen-bond acceptors (Lipinski definition) is 12. The van der Waals surface area contributed by atoms with Crippen LogP contribution in [0.3, 0.4) is 0 Å². The van der Waals surface area contributed by atoms with Crippen molar-refractivity contribution in [3.63, 3.8) is 0 Å². The number of hydrogen-bond donors (Lipinski definition) is 2. The molecule has 590 valence electrons. The van der Waals surface area contributed by atoms with Gasteiger partial charge in [-0.05, 0) is 99.9 Å². The van der Waals surface area contributed by atoms with E-state index in [-0.39, 0.29) is 45.8 Å². The third-order valence-corrected chi connectivity index (χ3v) is 21.5. The Hall–Kier alpha value is -5.39. The first kappa shape index (κ1) is 91.0. The molecule has 3 aromatic carbocycles. The Morgan fingerprint density at radius 1 is 0.317 bits per heavy atom. The van der Waals surface area contributed by atoms with Crippen molar-refractivity contribution in [2.75, 3.05) is 20.3 Å². The van der Waals surface area contributed by atoms with E-state index in [4.69, 9.17) is 38.6 Å². The number of unbranched alkanes of at least 4 members (excludes halogenated alkanes) is 48. The van der Waals surface area contributed by atoms with Gasteiger partial charge >= 0.3 is 11.9 Å². The first-order valence-corrected chi connectivity index (χ1v) is 43.7. The second-order valence-electron chi connectivity index (χ2n) is 31.0. The predicted octanol–water partition coefficient (Wildman–Crippen LogP) is 28.1. The molecular formula is C92H153N3O9. The number of phenols is 2. The van der Waals surface area contributed by atoms with E-state index in [1.54, 1.807) is 45.2 Å². The second kappa shape index (κ2) is 61.6. The Morgan fingerprint density at radius 2 is 0.548 bits per heavy atom. The summed E-state index contributed by atoms with van der Waals surface area (Å²) in [5.41, 5.74) is 1.23. The van der Waals surface area contributed by atoms with Crippen LogP contribution < -0.4 is 14.2 Å². The van der Waals surface area contributed by atoms with Crippen LogP contribution in [0.25, 0.3) is 34.2 Å². The molecule has 4 atom stereocenters. The van der Waals surface area contributed by atoms with Gasteiger partial charge in [-0.3, -0.25) is 0 Å². The van der Waals surface area contributed by atoms with Crippen molar-refractivity contribution in [1.29, 1.82) is 0 Å². The zero-order chi connectivity index (χ0) is 74.6. The maximum absolute atomic E-state index is 13.7. The van der Waals surface area contributed by atoms with Crippen LogP contribution in [0.1, 0.15) is 401 Å². The molecule has 4 aromatic rings. The Kier molecular flexibility index (Phi) is 53.9. The fourth-order valence-corrected chi connectivity index (χ4v) is 14.6. The molecule has 0 aliphatic rings. The molecule has 0 spiro atoms. The summed E-state index contributed by atoms with van der Waals surface area (Å²) < 4.78 is 29.8. The summed E-state index contributed by atoms with van der Waals surface area (Å²) in [5, 5.41) is 23.4. The smallest absolute Gasteiger partial charge is 0.347 e. The summed E-state index contributed by atoms with van der Waals surface area (Å²) in [6.07, 6.45) is 71.3. The van der Waals surface area contributed by atoms with Crippen LogP contribution in [0.4, 0.5) is 0 Å². The molecule has 12 heteroatoms. The van der Waals surface area contributed by atoms with Crippen molar-refractivity contribution in [2.24, 2.45) is 11.8 Å². The lowest BCUT2D eigenvalue weighted by Gasteiger charge is -2.20. The van der Waals surface area contributed by atoms with Gasteiger partial charge in [0.2, 0.25) is 0 Å². The van der Waals surface area contributed by atoms with Gasteiger partial charge in [0.1, 0.15) is 28.7 Å². The minimum atomic E-state index is -0.915. The molecule has 0 fully saturated rings. The maximum atomic E-state index is 13.7. The third-order valence-electron chi connectivity index (χ3n) is 21.5. The monoisotopic (exact) mass is 1440 g/mol. The summed E-state index contributed by atoms with van der Waals surface area (Å²) in [7, 11) is 1.60. The maximum Gasteiger partial charge on any atom is 0.347 e. The number of aromatic hydroxyl groups is 2. The van der Waals surface area contributed by atoms with Crippen LogP contribution in [0, 0.1) is 11.8 Å². The largest absolute Gasteiger partial charge is 0.507 e. The highest BCUT2D eigenvalue weighted by Crippen LogP contribution is 2.37. The number of esters is 2. The van der Waals surface area contributed by atoms with E-state index in [9.17, 15) is 19.8 Å². The van der Waals surface area contributed by atoms with Gasteiger partial charge in [-0.1, -0.05) is 362 Å². The van der Waals surface area contributed by atoms with Crippen LogP contribution in [0.5, 0.6) is 28.7 Å². The highest BCUT2D eigenvalue weighted by molar-refractivity contribution is 5.76. The number of nitrogens with zero attached hydrogens (tertiary/aromatic N) is 3. The van der Waals surface area contributed by atoms with Crippen molar-refractivity contribution in [2.45, 2.75) is 413 Å². The zero-order valence-electron chi connectivity index (χ0n) is 67.7. The van der Waals surface area contributed by atoms with E-state index in [1.165, 1.54) is 320 Å². The summed E-state index contributed by atoms with van der Waals surface area (Å²) >= 11 is 0. The van der Waals surface area contributed by atoms with Crippen LogP contribution >= 0.6 is 0 Å². The molecule has 104 heavy (non-hydrogen) atoms. The summed E-state index contributed by atoms with van der Waals surface area (Å²) in [6, 6.07) is 16.9. The molecule has 0 radical (unpaired) electrons. The Balaban J connectivity index is 1.36. The molecule has 0 saturated carbocycles.